The summed E-state index contributed by atoms with van der Waals surface area (Å²) < 4.78 is 11.2. The molecule has 11 heteroatoms. The van der Waals surface area contributed by atoms with E-state index >= 15 is 0 Å². The molecule has 1 aromatic heterocycles. The van der Waals surface area contributed by atoms with Crippen molar-refractivity contribution >= 4 is 40.7 Å². The first-order chi connectivity index (χ1) is 17.1. The van der Waals surface area contributed by atoms with Crippen LogP contribution in [0, 0.1) is 5.41 Å². The number of halogens is 1. The predicted molar refractivity (Wildman–Crippen MR) is 137 cm³/mol. The van der Waals surface area contributed by atoms with Crippen LogP contribution in [0.4, 0.5) is 11.4 Å². The number of nitrogen functional groups attached to an aromatic ring is 1. The molecule has 6 N–H and O–H groups in total. The van der Waals surface area contributed by atoms with E-state index < -0.39 is 18.5 Å². The minimum absolute atomic E-state index is 0.0719. The molecule has 0 fully saturated rings. The SMILES string of the molecule is CC(C)Oc1ccnc(CNc2ccc(Cl)cc2C(=O)Nc2ccc(C(=N)N)cc2)c1OCC(=O)O. The molecule has 0 aliphatic heterocycles. The lowest BCUT2D eigenvalue weighted by Crippen LogP contribution is -2.17. The summed E-state index contributed by atoms with van der Waals surface area (Å²) in [5, 5.41) is 22.8. The van der Waals surface area contributed by atoms with E-state index in [1.54, 1.807) is 42.5 Å². The summed E-state index contributed by atoms with van der Waals surface area (Å²) in [7, 11) is 0. The van der Waals surface area contributed by atoms with Crippen molar-refractivity contribution in [2.75, 3.05) is 17.2 Å². The van der Waals surface area contributed by atoms with Crippen LogP contribution in [0.5, 0.6) is 11.5 Å². The molecule has 0 aliphatic carbocycles. The molecular formula is C25H26ClN5O5. The Morgan fingerprint density at radius 1 is 1.17 bits per heavy atom. The van der Waals surface area contributed by atoms with Gasteiger partial charge in [0.2, 0.25) is 0 Å². The van der Waals surface area contributed by atoms with Crippen LogP contribution in [0.15, 0.2) is 54.7 Å². The van der Waals surface area contributed by atoms with Crippen LogP contribution in [0.3, 0.4) is 0 Å². The summed E-state index contributed by atoms with van der Waals surface area (Å²) in [5.74, 6) is -1.06. The van der Waals surface area contributed by atoms with Gasteiger partial charge in [-0.2, -0.15) is 0 Å². The fraction of sp³-hybridized carbons (Fsp3) is 0.200. The van der Waals surface area contributed by atoms with Crippen LogP contribution >= 0.6 is 11.6 Å². The Labute approximate surface area is 212 Å². The number of carboxylic acid groups (broad SMARTS) is 1. The molecule has 1 heterocycles. The number of carbonyl (C=O) groups excluding carboxylic acids is 1. The largest absolute Gasteiger partial charge is 0.487 e. The minimum Gasteiger partial charge on any atom is -0.487 e. The zero-order valence-electron chi connectivity index (χ0n) is 19.7. The molecule has 10 nitrogen and oxygen atoms in total. The van der Waals surface area contributed by atoms with E-state index in [1.165, 1.54) is 12.3 Å². The van der Waals surface area contributed by atoms with E-state index in [9.17, 15) is 9.59 Å². The minimum atomic E-state index is -1.14. The van der Waals surface area contributed by atoms with Gasteiger partial charge in [0.1, 0.15) is 11.5 Å². The van der Waals surface area contributed by atoms with Gasteiger partial charge >= 0.3 is 5.97 Å². The van der Waals surface area contributed by atoms with Crippen molar-refractivity contribution in [2.24, 2.45) is 5.73 Å². The molecule has 0 bridgehead atoms. The van der Waals surface area contributed by atoms with Gasteiger partial charge in [0, 0.05) is 34.2 Å². The van der Waals surface area contributed by atoms with E-state index in [0.29, 0.717) is 33.4 Å². The maximum Gasteiger partial charge on any atom is 0.341 e. The highest BCUT2D eigenvalue weighted by Gasteiger charge is 2.18. The van der Waals surface area contributed by atoms with Gasteiger partial charge in [0.05, 0.1) is 18.2 Å². The second-order valence-electron chi connectivity index (χ2n) is 7.92. The van der Waals surface area contributed by atoms with Crippen LogP contribution in [-0.4, -0.2) is 40.5 Å². The third kappa shape index (κ3) is 7.09. The van der Waals surface area contributed by atoms with Gasteiger partial charge in [-0.1, -0.05) is 11.6 Å². The molecular weight excluding hydrogens is 486 g/mol. The third-order valence-corrected chi connectivity index (χ3v) is 5.01. The van der Waals surface area contributed by atoms with Gasteiger partial charge in [0.25, 0.3) is 5.91 Å². The molecule has 36 heavy (non-hydrogen) atoms. The number of amides is 1. The summed E-state index contributed by atoms with van der Waals surface area (Å²) >= 11 is 6.15. The first-order valence-electron chi connectivity index (χ1n) is 10.9. The summed E-state index contributed by atoms with van der Waals surface area (Å²) in [4.78, 5) is 28.4. The zero-order chi connectivity index (χ0) is 26.2. The third-order valence-electron chi connectivity index (χ3n) is 4.77. The number of carbonyl (C=O) groups is 2. The number of aromatic nitrogens is 1. The van der Waals surface area contributed by atoms with Crippen LogP contribution in [0.2, 0.25) is 5.02 Å². The van der Waals surface area contributed by atoms with Crippen LogP contribution < -0.4 is 25.8 Å². The number of hydrogen-bond acceptors (Lipinski definition) is 7. The van der Waals surface area contributed by atoms with Gasteiger partial charge in [-0.3, -0.25) is 15.2 Å². The van der Waals surface area contributed by atoms with E-state index in [2.05, 4.69) is 15.6 Å². The molecule has 0 saturated heterocycles. The maximum atomic E-state index is 13.0. The molecule has 3 aromatic rings. The first kappa shape index (κ1) is 26.3. The molecule has 0 unspecified atom stereocenters. The quantitative estimate of drug-likeness (QED) is 0.190. The van der Waals surface area contributed by atoms with Crippen molar-refractivity contribution in [2.45, 2.75) is 26.5 Å². The zero-order valence-corrected chi connectivity index (χ0v) is 20.4. The van der Waals surface area contributed by atoms with E-state index in [1.807, 2.05) is 13.8 Å². The Morgan fingerprint density at radius 2 is 1.89 bits per heavy atom. The number of pyridine rings is 1. The molecule has 0 spiro atoms. The van der Waals surface area contributed by atoms with Gasteiger partial charge in [0.15, 0.2) is 18.1 Å². The van der Waals surface area contributed by atoms with E-state index in [-0.39, 0.29) is 29.8 Å². The number of rotatable bonds is 11. The Kier molecular flexibility index (Phi) is 8.69. The van der Waals surface area contributed by atoms with Crippen molar-refractivity contribution < 1.29 is 24.2 Å². The monoisotopic (exact) mass is 511 g/mol. The standard InChI is InChI=1S/C25H26ClN5O5/c1-14(2)36-21-9-10-29-20(23(21)35-13-22(32)33)12-30-19-8-5-16(26)11-18(19)25(34)31-17-6-3-15(4-7-17)24(27)28/h3-11,14,30H,12-13H2,1-2H3,(H3,27,28)(H,31,34)(H,32,33). The Morgan fingerprint density at radius 3 is 2.53 bits per heavy atom. The van der Waals surface area contributed by atoms with Crippen molar-refractivity contribution in [1.82, 2.24) is 4.98 Å². The summed E-state index contributed by atoms with van der Waals surface area (Å²) in [6.07, 6.45) is 1.36. The van der Waals surface area contributed by atoms with Gasteiger partial charge in [-0.05, 0) is 56.3 Å². The molecule has 0 aliphatic rings. The number of carboxylic acids is 1. The number of ether oxygens (including phenoxy) is 2. The number of anilines is 2. The number of benzene rings is 2. The van der Waals surface area contributed by atoms with Crippen molar-refractivity contribution in [3.8, 4) is 11.5 Å². The molecule has 3 rings (SSSR count). The highest BCUT2D eigenvalue weighted by molar-refractivity contribution is 6.31. The number of aliphatic carboxylic acids is 1. The fourth-order valence-electron chi connectivity index (χ4n) is 3.20. The van der Waals surface area contributed by atoms with E-state index in [4.69, 9.17) is 37.3 Å². The number of amidine groups is 1. The normalized spacial score (nSPS) is 10.6. The molecule has 1 amide bonds. The predicted octanol–water partition coefficient (Wildman–Crippen LogP) is 4.13. The van der Waals surface area contributed by atoms with Crippen molar-refractivity contribution in [1.29, 1.82) is 5.41 Å². The highest BCUT2D eigenvalue weighted by atomic mass is 35.5. The lowest BCUT2D eigenvalue weighted by molar-refractivity contribution is -0.139. The number of nitrogens with two attached hydrogens (primary N) is 1. The molecule has 0 saturated carbocycles. The van der Waals surface area contributed by atoms with Crippen LogP contribution in [0.25, 0.3) is 0 Å². The smallest absolute Gasteiger partial charge is 0.341 e. The Bertz CT molecular complexity index is 1260. The lowest BCUT2D eigenvalue weighted by Gasteiger charge is -2.18. The Hall–Kier alpha value is -4.31. The summed E-state index contributed by atoms with van der Waals surface area (Å²) in [5.41, 5.74) is 7.67. The summed E-state index contributed by atoms with van der Waals surface area (Å²) in [6.45, 7) is 3.22. The molecule has 0 radical (unpaired) electrons. The number of nitrogens with zero attached hydrogens (tertiary/aromatic N) is 1. The van der Waals surface area contributed by atoms with Crippen molar-refractivity contribution in [3.05, 3.63) is 76.6 Å². The second kappa shape index (κ2) is 11.9. The molecule has 0 atom stereocenters. The first-order valence-corrected chi connectivity index (χ1v) is 11.3. The van der Waals surface area contributed by atoms with Crippen molar-refractivity contribution in [3.63, 3.8) is 0 Å². The van der Waals surface area contributed by atoms with Crippen LogP contribution in [-0.2, 0) is 11.3 Å². The van der Waals surface area contributed by atoms with Gasteiger partial charge < -0.3 is 30.9 Å². The Balaban J connectivity index is 1.83. The maximum absolute atomic E-state index is 13.0. The molecule has 188 valence electrons. The average Bonchev–Trinajstić information content (AvgIpc) is 2.82. The fourth-order valence-corrected chi connectivity index (χ4v) is 3.37. The second-order valence-corrected chi connectivity index (χ2v) is 8.36. The number of hydrogen-bond donors (Lipinski definition) is 5. The van der Waals surface area contributed by atoms with Crippen LogP contribution in [0.1, 0.15) is 35.5 Å². The highest BCUT2D eigenvalue weighted by Crippen LogP contribution is 2.32. The van der Waals surface area contributed by atoms with Gasteiger partial charge in [-0.25, -0.2) is 4.79 Å². The average molecular weight is 512 g/mol. The molecule has 2 aromatic carbocycles. The van der Waals surface area contributed by atoms with E-state index in [0.717, 1.165) is 0 Å². The topological polar surface area (TPSA) is 160 Å². The van der Waals surface area contributed by atoms with Gasteiger partial charge in [-0.15, -0.1) is 0 Å². The number of nitrogens with one attached hydrogen (secondary N) is 3. The lowest BCUT2D eigenvalue weighted by atomic mass is 10.1. The summed E-state index contributed by atoms with van der Waals surface area (Å²) in [6, 6.07) is 13.0.